The zero-order valence-corrected chi connectivity index (χ0v) is 20.4. The normalized spacial score (nSPS) is 25.2. The minimum atomic E-state index is -0.639. The van der Waals surface area contributed by atoms with E-state index in [1.165, 1.54) is 12.5 Å². The van der Waals surface area contributed by atoms with Crippen molar-refractivity contribution >= 4 is 0 Å². The van der Waals surface area contributed by atoms with Gasteiger partial charge in [0.2, 0.25) is 0 Å². The maximum Gasteiger partial charge on any atom is 0.168 e. The number of ether oxygens (including phenoxy) is 2. The van der Waals surface area contributed by atoms with Crippen LogP contribution in [0.3, 0.4) is 0 Å². The van der Waals surface area contributed by atoms with E-state index in [9.17, 15) is 4.39 Å². The highest BCUT2D eigenvalue weighted by Crippen LogP contribution is 2.42. The van der Waals surface area contributed by atoms with Crippen molar-refractivity contribution in [2.75, 3.05) is 13.2 Å². The van der Waals surface area contributed by atoms with Crippen LogP contribution in [0.2, 0.25) is 0 Å². The Morgan fingerprint density at radius 3 is 1.76 bits per heavy atom. The van der Waals surface area contributed by atoms with E-state index >= 15 is 8.78 Å². The van der Waals surface area contributed by atoms with Gasteiger partial charge in [-0.15, -0.1) is 0 Å². The molecule has 2 fully saturated rings. The molecule has 34 heavy (non-hydrogen) atoms. The van der Waals surface area contributed by atoms with Crippen LogP contribution in [-0.4, -0.2) is 13.2 Å². The fourth-order valence-electron chi connectivity index (χ4n) is 5.79. The van der Waals surface area contributed by atoms with Crippen molar-refractivity contribution in [2.45, 2.75) is 83.5 Å². The summed E-state index contributed by atoms with van der Waals surface area (Å²) in [5, 5.41) is 0. The van der Waals surface area contributed by atoms with Gasteiger partial charge in [0, 0.05) is 6.07 Å². The Kier molecular flexibility index (Phi) is 8.44. The number of benzene rings is 2. The van der Waals surface area contributed by atoms with Crippen molar-refractivity contribution in [2.24, 2.45) is 11.8 Å². The monoisotopic (exact) mass is 474 g/mol. The van der Waals surface area contributed by atoms with Gasteiger partial charge in [-0.3, -0.25) is 0 Å². The van der Waals surface area contributed by atoms with Crippen LogP contribution in [0.15, 0.2) is 30.3 Å². The summed E-state index contributed by atoms with van der Waals surface area (Å²) in [5.74, 6) is 0.264. The van der Waals surface area contributed by atoms with Gasteiger partial charge in [0.15, 0.2) is 23.2 Å². The SMILES string of the molecule is CCOc1ccc(OCC2CCC(c3ccc(C4CCC(CC)CC4)c(F)c3F)CC2)cc1F. The van der Waals surface area contributed by atoms with Crippen LogP contribution in [0, 0.1) is 29.3 Å². The molecule has 0 bridgehead atoms. The largest absolute Gasteiger partial charge is 0.493 e. The third kappa shape index (κ3) is 5.72. The molecule has 2 aromatic rings. The molecular formula is C29H37F3O2. The summed E-state index contributed by atoms with van der Waals surface area (Å²) in [4.78, 5) is 0. The number of hydrogen-bond donors (Lipinski definition) is 0. The number of halogens is 3. The van der Waals surface area contributed by atoms with Crippen LogP contribution in [-0.2, 0) is 0 Å². The lowest BCUT2D eigenvalue weighted by Gasteiger charge is -2.31. The maximum absolute atomic E-state index is 15.1. The van der Waals surface area contributed by atoms with Crippen molar-refractivity contribution in [3.63, 3.8) is 0 Å². The fraction of sp³-hybridized carbons (Fsp3) is 0.586. The lowest BCUT2D eigenvalue weighted by molar-refractivity contribution is 0.198. The highest BCUT2D eigenvalue weighted by atomic mass is 19.2. The third-order valence-electron chi connectivity index (χ3n) is 7.98. The fourth-order valence-corrected chi connectivity index (χ4v) is 5.79. The lowest BCUT2D eigenvalue weighted by Crippen LogP contribution is -2.20. The van der Waals surface area contributed by atoms with Crippen molar-refractivity contribution in [1.82, 2.24) is 0 Å². The van der Waals surface area contributed by atoms with Gasteiger partial charge in [0.1, 0.15) is 5.75 Å². The van der Waals surface area contributed by atoms with Crippen LogP contribution >= 0.6 is 0 Å². The molecule has 186 valence electrons. The molecule has 2 aliphatic carbocycles. The topological polar surface area (TPSA) is 18.5 Å². The molecular weight excluding hydrogens is 437 g/mol. The molecule has 0 radical (unpaired) electrons. The predicted octanol–water partition coefficient (Wildman–Crippen LogP) is 8.54. The Bertz CT molecular complexity index is 945. The molecule has 0 heterocycles. The first-order chi connectivity index (χ1) is 16.5. The van der Waals surface area contributed by atoms with Crippen molar-refractivity contribution < 1.29 is 22.6 Å². The zero-order chi connectivity index (χ0) is 24.1. The summed E-state index contributed by atoms with van der Waals surface area (Å²) >= 11 is 0. The Hall–Kier alpha value is -2.17. The summed E-state index contributed by atoms with van der Waals surface area (Å²) in [6.45, 7) is 4.93. The molecule has 0 atom stereocenters. The van der Waals surface area contributed by atoms with E-state index in [1.54, 1.807) is 12.1 Å². The van der Waals surface area contributed by atoms with Gasteiger partial charge >= 0.3 is 0 Å². The predicted molar refractivity (Wildman–Crippen MR) is 129 cm³/mol. The second kappa shape index (κ2) is 11.5. The van der Waals surface area contributed by atoms with Gasteiger partial charge < -0.3 is 9.47 Å². The van der Waals surface area contributed by atoms with Gasteiger partial charge in [0.05, 0.1) is 13.2 Å². The summed E-state index contributed by atoms with van der Waals surface area (Å²) in [6, 6.07) is 8.34. The van der Waals surface area contributed by atoms with E-state index in [1.807, 2.05) is 19.1 Å². The smallest absolute Gasteiger partial charge is 0.168 e. The van der Waals surface area contributed by atoms with Crippen LogP contribution in [0.4, 0.5) is 13.2 Å². The molecule has 0 unspecified atom stereocenters. The maximum atomic E-state index is 15.1. The first-order valence-electron chi connectivity index (χ1n) is 13.0. The molecule has 0 spiro atoms. The van der Waals surface area contributed by atoms with Crippen molar-refractivity contribution in [3.05, 3.63) is 58.9 Å². The van der Waals surface area contributed by atoms with E-state index in [0.29, 0.717) is 36.0 Å². The molecule has 2 nitrogen and oxygen atoms in total. The highest BCUT2D eigenvalue weighted by Gasteiger charge is 2.29. The summed E-state index contributed by atoms with van der Waals surface area (Å²) < 4.78 is 55.2. The molecule has 2 saturated carbocycles. The molecule has 2 aliphatic rings. The Labute approximate surface area is 201 Å². The van der Waals surface area contributed by atoms with E-state index < -0.39 is 17.5 Å². The van der Waals surface area contributed by atoms with Gasteiger partial charge in [-0.1, -0.05) is 25.5 Å². The lowest BCUT2D eigenvalue weighted by atomic mass is 9.76. The molecule has 4 rings (SSSR count). The van der Waals surface area contributed by atoms with Crippen LogP contribution in [0.1, 0.15) is 94.6 Å². The van der Waals surface area contributed by atoms with E-state index in [0.717, 1.165) is 57.3 Å². The van der Waals surface area contributed by atoms with E-state index in [-0.39, 0.29) is 17.6 Å². The van der Waals surface area contributed by atoms with Crippen LogP contribution < -0.4 is 9.47 Å². The summed E-state index contributed by atoms with van der Waals surface area (Å²) in [7, 11) is 0. The summed E-state index contributed by atoms with van der Waals surface area (Å²) in [6.07, 6.45) is 8.69. The Balaban J connectivity index is 1.31. The minimum Gasteiger partial charge on any atom is -0.493 e. The number of rotatable bonds is 8. The molecule has 0 amide bonds. The van der Waals surface area contributed by atoms with Gasteiger partial charge in [-0.2, -0.15) is 0 Å². The molecule has 0 aromatic heterocycles. The van der Waals surface area contributed by atoms with Gasteiger partial charge in [-0.25, -0.2) is 13.2 Å². The standard InChI is InChI=1S/C29H37F3O2/c1-3-19-5-9-21(10-6-19)24-14-15-25(29(32)28(24)31)22-11-7-20(8-12-22)18-34-23-13-16-27(33-4-2)26(30)17-23/h13-17,19-22H,3-12,18H2,1-2H3. The van der Waals surface area contributed by atoms with Crippen molar-refractivity contribution in [3.8, 4) is 11.5 Å². The highest BCUT2D eigenvalue weighted by molar-refractivity contribution is 5.33. The van der Waals surface area contributed by atoms with Crippen molar-refractivity contribution in [1.29, 1.82) is 0 Å². The minimum absolute atomic E-state index is 0.0403. The van der Waals surface area contributed by atoms with E-state index in [4.69, 9.17) is 9.47 Å². The third-order valence-corrected chi connectivity index (χ3v) is 7.98. The molecule has 0 saturated heterocycles. The first kappa shape index (κ1) is 24.9. The summed E-state index contributed by atoms with van der Waals surface area (Å²) in [5.41, 5.74) is 1.09. The number of hydrogen-bond acceptors (Lipinski definition) is 2. The molecule has 0 aliphatic heterocycles. The molecule has 0 N–H and O–H groups in total. The zero-order valence-electron chi connectivity index (χ0n) is 20.4. The Morgan fingerprint density at radius 1 is 0.706 bits per heavy atom. The second-order valence-electron chi connectivity index (χ2n) is 10.1. The first-order valence-corrected chi connectivity index (χ1v) is 13.0. The van der Waals surface area contributed by atoms with Crippen LogP contribution in [0.25, 0.3) is 0 Å². The van der Waals surface area contributed by atoms with Gasteiger partial charge in [-0.05, 0) is 105 Å². The quantitative estimate of drug-likeness (QED) is 0.382. The average molecular weight is 475 g/mol. The Morgan fingerprint density at radius 2 is 1.26 bits per heavy atom. The molecule has 2 aromatic carbocycles. The second-order valence-corrected chi connectivity index (χ2v) is 10.1. The average Bonchev–Trinajstić information content (AvgIpc) is 2.86. The molecule has 5 heteroatoms. The van der Waals surface area contributed by atoms with E-state index in [2.05, 4.69) is 6.92 Å². The van der Waals surface area contributed by atoms with Gasteiger partial charge in [0.25, 0.3) is 0 Å². The van der Waals surface area contributed by atoms with Crippen LogP contribution in [0.5, 0.6) is 11.5 Å².